The number of halogens is 1. The van der Waals surface area contributed by atoms with Crippen molar-refractivity contribution in [2.75, 3.05) is 13.7 Å². The van der Waals surface area contributed by atoms with Gasteiger partial charge in [0.1, 0.15) is 12.4 Å². The summed E-state index contributed by atoms with van der Waals surface area (Å²) in [7, 11) is 1.20. The number of rotatable bonds is 4. The lowest BCUT2D eigenvalue weighted by atomic mass is 10.1. The number of methoxy groups -OCH3 is 1. The largest absolute Gasteiger partial charge is 0.480 e. The molecule has 5 nitrogen and oxygen atoms in total. The lowest BCUT2D eigenvalue weighted by Crippen LogP contribution is -2.06. The summed E-state index contributed by atoms with van der Waals surface area (Å²) in [6.07, 6.45) is 1.13. The third-order valence-corrected chi connectivity index (χ3v) is 1.88. The predicted molar refractivity (Wildman–Crippen MR) is 57.8 cm³/mol. The second kappa shape index (κ2) is 5.74. The summed E-state index contributed by atoms with van der Waals surface area (Å²) in [5.41, 5.74) is 0.307. The third kappa shape index (κ3) is 3.67. The van der Waals surface area contributed by atoms with E-state index >= 15 is 0 Å². The highest BCUT2D eigenvalue weighted by Crippen LogP contribution is 2.10. The number of carbonyl (C=O) groups excluding carboxylic acids is 1. The van der Waals surface area contributed by atoms with Gasteiger partial charge in [-0.15, -0.1) is 0 Å². The number of ether oxygens (including phenoxy) is 1. The molecule has 1 rings (SSSR count). The van der Waals surface area contributed by atoms with Crippen molar-refractivity contribution >= 4 is 18.2 Å². The van der Waals surface area contributed by atoms with E-state index in [4.69, 9.17) is 5.11 Å². The molecule has 0 bridgehead atoms. The fourth-order valence-corrected chi connectivity index (χ4v) is 1.16. The molecule has 0 amide bonds. The number of aliphatic carboxylic acids is 1. The first-order valence-electron chi connectivity index (χ1n) is 4.64. The van der Waals surface area contributed by atoms with Crippen LogP contribution in [0.25, 0.3) is 0 Å². The van der Waals surface area contributed by atoms with Crippen molar-refractivity contribution in [3.8, 4) is 0 Å². The van der Waals surface area contributed by atoms with Crippen LogP contribution in [0, 0.1) is 5.82 Å². The highest BCUT2D eigenvalue weighted by molar-refractivity contribution is 5.99. The molecule has 0 radical (unpaired) electrons. The van der Waals surface area contributed by atoms with Crippen molar-refractivity contribution in [3.63, 3.8) is 0 Å². The van der Waals surface area contributed by atoms with Gasteiger partial charge in [-0.2, -0.15) is 0 Å². The van der Waals surface area contributed by atoms with Gasteiger partial charge in [-0.3, -0.25) is 9.79 Å². The fraction of sp³-hybridized carbons (Fsp3) is 0.182. The lowest BCUT2D eigenvalue weighted by molar-refractivity contribution is -0.135. The summed E-state index contributed by atoms with van der Waals surface area (Å²) in [5, 5.41) is 8.39. The van der Waals surface area contributed by atoms with Gasteiger partial charge in [-0.05, 0) is 18.2 Å². The molecule has 17 heavy (non-hydrogen) atoms. The van der Waals surface area contributed by atoms with E-state index in [0.29, 0.717) is 0 Å². The average molecular weight is 239 g/mol. The number of carboxylic acids is 1. The summed E-state index contributed by atoms with van der Waals surface area (Å²) in [6.45, 7) is -0.447. The average Bonchev–Trinajstić information content (AvgIpc) is 2.28. The highest BCUT2D eigenvalue weighted by atomic mass is 19.1. The molecule has 1 aromatic carbocycles. The molecule has 0 aromatic heterocycles. The normalized spacial score (nSPS) is 10.5. The number of carbonyl (C=O) groups is 2. The first-order chi connectivity index (χ1) is 8.04. The zero-order chi connectivity index (χ0) is 12.8. The van der Waals surface area contributed by atoms with E-state index in [1.165, 1.54) is 13.2 Å². The Labute approximate surface area is 96.5 Å². The molecule has 6 heteroatoms. The Morgan fingerprint density at radius 1 is 1.53 bits per heavy atom. The first-order valence-corrected chi connectivity index (χ1v) is 4.64. The van der Waals surface area contributed by atoms with Crippen molar-refractivity contribution in [2.45, 2.75) is 0 Å². The Morgan fingerprint density at radius 3 is 2.82 bits per heavy atom. The minimum Gasteiger partial charge on any atom is -0.480 e. The Kier molecular flexibility index (Phi) is 4.33. The number of carboxylic acid groups (broad SMARTS) is 1. The molecule has 0 saturated heterocycles. The van der Waals surface area contributed by atoms with E-state index in [-0.39, 0.29) is 11.1 Å². The van der Waals surface area contributed by atoms with Crippen molar-refractivity contribution in [2.24, 2.45) is 4.99 Å². The van der Waals surface area contributed by atoms with Gasteiger partial charge in [-0.1, -0.05) is 0 Å². The van der Waals surface area contributed by atoms with Crippen LogP contribution >= 0.6 is 0 Å². The van der Waals surface area contributed by atoms with E-state index < -0.39 is 24.3 Å². The Morgan fingerprint density at radius 2 is 2.24 bits per heavy atom. The first kappa shape index (κ1) is 12.8. The van der Waals surface area contributed by atoms with Crippen molar-refractivity contribution in [1.29, 1.82) is 0 Å². The maximum Gasteiger partial charge on any atom is 0.338 e. The number of nitrogens with zero attached hydrogens (tertiary/aromatic N) is 1. The zero-order valence-electron chi connectivity index (χ0n) is 9.01. The second-order valence-electron chi connectivity index (χ2n) is 3.09. The molecular formula is C11H10FNO4. The smallest absolute Gasteiger partial charge is 0.338 e. The molecule has 0 spiro atoms. The molecule has 0 aliphatic carbocycles. The van der Waals surface area contributed by atoms with Crippen LogP contribution in [0.1, 0.15) is 15.9 Å². The van der Waals surface area contributed by atoms with Crippen LogP contribution in [0.5, 0.6) is 0 Å². The van der Waals surface area contributed by atoms with Crippen LogP contribution in [-0.4, -0.2) is 36.9 Å². The number of aliphatic imine (C=N–C) groups is 1. The molecule has 90 valence electrons. The maximum atomic E-state index is 13.0. The molecule has 1 aromatic rings. The van der Waals surface area contributed by atoms with Crippen LogP contribution in [0.2, 0.25) is 0 Å². The standard InChI is InChI=1S/C11H10FNO4/c1-17-11(16)9-3-2-8(12)4-7(9)5-13-6-10(14)15/h2-5H,6H2,1H3,(H,14,15). The molecule has 0 saturated carbocycles. The van der Waals surface area contributed by atoms with Crippen molar-refractivity contribution in [1.82, 2.24) is 0 Å². The molecule has 1 N–H and O–H groups in total. The molecule has 0 heterocycles. The van der Waals surface area contributed by atoms with E-state index in [1.807, 2.05) is 0 Å². The lowest BCUT2D eigenvalue weighted by Gasteiger charge is -2.03. The Hall–Kier alpha value is -2.24. The summed E-state index contributed by atoms with van der Waals surface area (Å²) in [6, 6.07) is 3.45. The van der Waals surface area contributed by atoms with Crippen LogP contribution in [0.4, 0.5) is 4.39 Å². The van der Waals surface area contributed by atoms with Crippen LogP contribution in [0.3, 0.4) is 0 Å². The summed E-state index contributed by atoms with van der Waals surface area (Å²) in [4.78, 5) is 25.1. The number of benzene rings is 1. The fourth-order valence-electron chi connectivity index (χ4n) is 1.16. The summed E-state index contributed by atoms with van der Waals surface area (Å²) < 4.78 is 17.5. The molecular weight excluding hydrogens is 229 g/mol. The zero-order valence-corrected chi connectivity index (χ0v) is 9.01. The third-order valence-electron chi connectivity index (χ3n) is 1.88. The molecule has 0 aliphatic rings. The van der Waals surface area contributed by atoms with Crippen LogP contribution in [-0.2, 0) is 9.53 Å². The van der Waals surface area contributed by atoms with Crippen LogP contribution in [0.15, 0.2) is 23.2 Å². The summed E-state index contributed by atoms with van der Waals surface area (Å²) >= 11 is 0. The SMILES string of the molecule is COC(=O)c1ccc(F)cc1C=NCC(=O)O. The van der Waals surface area contributed by atoms with Crippen molar-refractivity contribution in [3.05, 3.63) is 35.1 Å². The van der Waals surface area contributed by atoms with Gasteiger partial charge in [0.2, 0.25) is 0 Å². The van der Waals surface area contributed by atoms with Gasteiger partial charge in [0, 0.05) is 11.8 Å². The Bertz CT molecular complexity index is 471. The van der Waals surface area contributed by atoms with E-state index in [2.05, 4.69) is 9.73 Å². The van der Waals surface area contributed by atoms with Gasteiger partial charge < -0.3 is 9.84 Å². The van der Waals surface area contributed by atoms with Gasteiger partial charge in [0.15, 0.2) is 0 Å². The minimum absolute atomic E-state index is 0.128. The highest BCUT2D eigenvalue weighted by Gasteiger charge is 2.11. The van der Waals surface area contributed by atoms with Gasteiger partial charge in [-0.25, -0.2) is 9.18 Å². The minimum atomic E-state index is -1.11. The molecule has 0 atom stereocenters. The topological polar surface area (TPSA) is 76.0 Å². The van der Waals surface area contributed by atoms with Gasteiger partial charge in [0.05, 0.1) is 12.7 Å². The second-order valence-corrected chi connectivity index (χ2v) is 3.09. The number of esters is 1. The summed E-state index contributed by atoms with van der Waals surface area (Å²) in [5.74, 6) is -2.30. The van der Waals surface area contributed by atoms with E-state index in [9.17, 15) is 14.0 Å². The van der Waals surface area contributed by atoms with Gasteiger partial charge in [0.25, 0.3) is 0 Å². The molecule has 0 aliphatic heterocycles. The number of hydrogen-bond acceptors (Lipinski definition) is 4. The quantitative estimate of drug-likeness (QED) is 0.631. The monoisotopic (exact) mass is 239 g/mol. The molecule has 0 fully saturated rings. The Balaban J connectivity index is 3.03. The number of hydrogen-bond donors (Lipinski definition) is 1. The maximum absolute atomic E-state index is 13.0. The van der Waals surface area contributed by atoms with Gasteiger partial charge >= 0.3 is 11.9 Å². The predicted octanol–water partition coefficient (Wildman–Crippen LogP) is 1.12. The van der Waals surface area contributed by atoms with Crippen molar-refractivity contribution < 1.29 is 23.8 Å². The van der Waals surface area contributed by atoms with E-state index in [0.717, 1.165) is 18.3 Å². The molecule has 0 unspecified atom stereocenters. The van der Waals surface area contributed by atoms with Crippen LogP contribution < -0.4 is 0 Å². The van der Waals surface area contributed by atoms with E-state index in [1.54, 1.807) is 0 Å².